The van der Waals surface area contributed by atoms with Gasteiger partial charge in [-0.05, 0) is 68.4 Å². The van der Waals surface area contributed by atoms with Crippen molar-refractivity contribution in [3.8, 4) is 0 Å². The molecular formula is C25H40BrN5O4Si. The Labute approximate surface area is 222 Å². The van der Waals surface area contributed by atoms with Crippen molar-refractivity contribution >= 4 is 47.1 Å². The Bertz CT molecular complexity index is 1170. The van der Waals surface area contributed by atoms with Crippen LogP contribution < -0.4 is 15.8 Å². The van der Waals surface area contributed by atoms with Gasteiger partial charge in [-0.2, -0.15) is 4.98 Å². The van der Waals surface area contributed by atoms with Crippen molar-refractivity contribution in [1.29, 1.82) is 0 Å². The Morgan fingerprint density at radius 2 is 1.86 bits per heavy atom. The molecule has 2 aliphatic heterocycles. The third kappa shape index (κ3) is 5.99. The molecule has 2 bridgehead atoms. The zero-order chi connectivity index (χ0) is 26.4. The maximum absolute atomic E-state index is 13.4. The van der Waals surface area contributed by atoms with E-state index < -0.39 is 13.7 Å². The van der Waals surface area contributed by atoms with Gasteiger partial charge in [0, 0.05) is 46.1 Å². The van der Waals surface area contributed by atoms with Gasteiger partial charge in [0.15, 0.2) is 5.65 Å². The lowest BCUT2D eigenvalue weighted by molar-refractivity contribution is 0.0492. The van der Waals surface area contributed by atoms with Crippen LogP contribution in [0, 0.1) is 0 Å². The number of ether oxygens (including phenoxy) is 2. The molecule has 2 aromatic rings. The number of hydrogen-bond acceptors (Lipinski definition) is 6. The van der Waals surface area contributed by atoms with Crippen LogP contribution in [-0.2, 0) is 23.3 Å². The van der Waals surface area contributed by atoms with Crippen LogP contribution in [0.1, 0.15) is 46.5 Å². The van der Waals surface area contributed by atoms with Crippen molar-refractivity contribution in [3.05, 3.63) is 21.0 Å². The number of amides is 1. The van der Waals surface area contributed by atoms with Crippen molar-refractivity contribution in [1.82, 2.24) is 19.4 Å². The van der Waals surface area contributed by atoms with Crippen LogP contribution in [0.15, 0.2) is 15.5 Å². The molecule has 2 unspecified atom stereocenters. The summed E-state index contributed by atoms with van der Waals surface area (Å²) in [6.07, 6.45) is 5.14. The van der Waals surface area contributed by atoms with E-state index in [0.717, 1.165) is 36.2 Å². The fourth-order valence-corrected chi connectivity index (χ4v) is 6.58. The smallest absolute Gasteiger partial charge is 0.407 e. The summed E-state index contributed by atoms with van der Waals surface area (Å²) in [5.74, 6) is 0.685. The van der Waals surface area contributed by atoms with Gasteiger partial charge in [-0.15, -0.1) is 0 Å². The number of halogens is 1. The molecule has 0 radical (unpaired) electrons. The predicted octanol–water partition coefficient (Wildman–Crippen LogP) is 4.83. The summed E-state index contributed by atoms with van der Waals surface area (Å²) < 4.78 is 15.8. The number of piperidine rings is 1. The summed E-state index contributed by atoms with van der Waals surface area (Å²) in [5.41, 5.74) is 0.0423. The SMILES string of the molecule is Cn1c(N2C3CCC2CC(NC(=O)OC(C)(C)C)C3)nc2c(c(Br)cn2COCC[Si](C)(C)C)c1=O. The third-order valence-electron chi connectivity index (χ3n) is 6.94. The number of carbonyl (C=O) groups excluding carboxylic acids is 1. The van der Waals surface area contributed by atoms with Gasteiger partial charge in [0.2, 0.25) is 5.95 Å². The molecule has 1 amide bonds. The monoisotopic (exact) mass is 581 g/mol. The summed E-state index contributed by atoms with van der Waals surface area (Å²) in [4.78, 5) is 33.1. The molecule has 4 heterocycles. The lowest BCUT2D eigenvalue weighted by Crippen LogP contribution is -2.52. The Balaban J connectivity index is 1.55. The van der Waals surface area contributed by atoms with E-state index in [1.807, 2.05) is 31.5 Å². The highest BCUT2D eigenvalue weighted by molar-refractivity contribution is 9.10. The summed E-state index contributed by atoms with van der Waals surface area (Å²) >= 11 is 3.56. The minimum Gasteiger partial charge on any atom is -0.444 e. The molecule has 2 fully saturated rings. The highest BCUT2D eigenvalue weighted by Crippen LogP contribution is 2.39. The summed E-state index contributed by atoms with van der Waals surface area (Å²) in [7, 11) is 0.613. The van der Waals surface area contributed by atoms with E-state index in [1.165, 1.54) is 0 Å². The third-order valence-corrected chi connectivity index (χ3v) is 9.25. The average Bonchev–Trinajstić information content (AvgIpc) is 3.18. The molecule has 4 rings (SSSR count). The zero-order valence-electron chi connectivity index (χ0n) is 22.6. The maximum atomic E-state index is 13.4. The second kappa shape index (κ2) is 10.1. The maximum Gasteiger partial charge on any atom is 0.407 e. The number of nitrogens with one attached hydrogen (secondary N) is 1. The molecule has 11 heteroatoms. The number of carbonyl (C=O) groups is 1. The van der Waals surface area contributed by atoms with E-state index in [1.54, 1.807) is 11.6 Å². The molecule has 2 aromatic heterocycles. The Morgan fingerprint density at radius 3 is 2.44 bits per heavy atom. The number of hydrogen-bond donors (Lipinski definition) is 1. The Morgan fingerprint density at radius 1 is 1.22 bits per heavy atom. The molecule has 2 atom stereocenters. The van der Waals surface area contributed by atoms with Crippen LogP contribution in [0.3, 0.4) is 0 Å². The Kier molecular flexibility index (Phi) is 7.65. The largest absolute Gasteiger partial charge is 0.444 e. The molecule has 0 spiro atoms. The van der Waals surface area contributed by atoms with Crippen molar-refractivity contribution in [2.75, 3.05) is 11.5 Å². The summed E-state index contributed by atoms with van der Waals surface area (Å²) in [6, 6.07) is 1.55. The van der Waals surface area contributed by atoms with E-state index in [0.29, 0.717) is 30.3 Å². The van der Waals surface area contributed by atoms with Crippen molar-refractivity contribution in [2.45, 2.75) is 103 Å². The van der Waals surface area contributed by atoms with Gasteiger partial charge < -0.3 is 24.3 Å². The van der Waals surface area contributed by atoms with Crippen molar-refractivity contribution < 1.29 is 14.3 Å². The van der Waals surface area contributed by atoms with Crippen LogP contribution in [0.2, 0.25) is 25.7 Å². The van der Waals surface area contributed by atoms with Crippen molar-refractivity contribution in [3.63, 3.8) is 0 Å². The highest BCUT2D eigenvalue weighted by Gasteiger charge is 2.43. The molecule has 0 aliphatic carbocycles. The first-order valence-corrected chi connectivity index (χ1v) is 17.3. The van der Waals surface area contributed by atoms with Crippen LogP contribution in [0.5, 0.6) is 0 Å². The number of aromatic nitrogens is 3. The standard InChI is InChI=1S/C25H40BrN5O4Si/c1-25(2,3)35-24(33)27-16-12-17-8-9-18(13-16)31(17)23-28-21-20(22(32)29(23)4)19(26)14-30(21)15-34-10-11-36(5,6)7/h14,16-18H,8-13,15H2,1-7H3,(H,27,33). The minimum atomic E-state index is -1.18. The first-order valence-electron chi connectivity index (χ1n) is 12.8. The summed E-state index contributed by atoms with van der Waals surface area (Å²) in [5, 5.41) is 3.63. The molecule has 2 saturated heterocycles. The van der Waals surface area contributed by atoms with Gasteiger partial charge >= 0.3 is 6.09 Å². The molecule has 36 heavy (non-hydrogen) atoms. The second-order valence-corrected chi connectivity index (χ2v) is 18.9. The number of rotatable bonds is 7. The van der Waals surface area contributed by atoms with Gasteiger partial charge in [-0.1, -0.05) is 19.6 Å². The second-order valence-electron chi connectivity index (χ2n) is 12.4. The first-order chi connectivity index (χ1) is 16.7. The Hall–Kier alpha value is -1.85. The van der Waals surface area contributed by atoms with Crippen LogP contribution in [-0.4, -0.2) is 58.6 Å². The van der Waals surface area contributed by atoms with Crippen LogP contribution in [0.4, 0.5) is 10.7 Å². The van der Waals surface area contributed by atoms with Gasteiger partial charge in [0.25, 0.3) is 5.56 Å². The normalized spacial score (nSPS) is 22.3. The number of alkyl carbamates (subject to hydrolysis) is 1. The quantitative estimate of drug-likeness (QED) is 0.372. The topological polar surface area (TPSA) is 90.6 Å². The molecule has 2 aliphatic rings. The van der Waals surface area contributed by atoms with Gasteiger partial charge in [-0.3, -0.25) is 9.36 Å². The lowest BCUT2D eigenvalue weighted by atomic mass is 9.98. The fourth-order valence-electron chi connectivity index (χ4n) is 5.23. The molecule has 1 N–H and O–H groups in total. The van der Waals surface area contributed by atoms with Crippen molar-refractivity contribution in [2.24, 2.45) is 7.05 Å². The van der Waals surface area contributed by atoms with Crippen LogP contribution >= 0.6 is 15.9 Å². The number of fused-ring (bicyclic) bond motifs is 3. The van der Waals surface area contributed by atoms with Gasteiger partial charge in [0.1, 0.15) is 12.3 Å². The average molecular weight is 583 g/mol. The number of nitrogens with zero attached hydrogens (tertiary/aromatic N) is 4. The van der Waals surface area contributed by atoms with Gasteiger partial charge in [-0.25, -0.2) is 4.79 Å². The van der Waals surface area contributed by atoms with Gasteiger partial charge in [0.05, 0.1) is 9.86 Å². The van der Waals surface area contributed by atoms with E-state index in [9.17, 15) is 9.59 Å². The summed E-state index contributed by atoms with van der Waals surface area (Å²) in [6.45, 7) is 13.7. The molecular weight excluding hydrogens is 542 g/mol. The number of anilines is 1. The highest BCUT2D eigenvalue weighted by atomic mass is 79.9. The molecule has 9 nitrogen and oxygen atoms in total. The van der Waals surface area contributed by atoms with E-state index in [4.69, 9.17) is 14.5 Å². The minimum absolute atomic E-state index is 0.0483. The lowest BCUT2D eigenvalue weighted by Gasteiger charge is -2.40. The molecule has 0 aromatic carbocycles. The van der Waals surface area contributed by atoms with E-state index >= 15 is 0 Å². The zero-order valence-corrected chi connectivity index (χ0v) is 25.1. The molecule has 200 valence electrons. The van der Waals surface area contributed by atoms with E-state index in [2.05, 4.69) is 45.8 Å². The predicted molar refractivity (Wildman–Crippen MR) is 148 cm³/mol. The molecule has 0 saturated carbocycles. The van der Waals surface area contributed by atoms with E-state index in [-0.39, 0.29) is 29.8 Å². The first kappa shape index (κ1) is 27.2. The van der Waals surface area contributed by atoms with Crippen LogP contribution in [0.25, 0.3) is 11.0 Å². The fraction of sp³-hybridized carbons (Fsp3) is 0.720.